The van der Waals surface area contributed by atoms with Crippen molar-refractivity contribution in [2.75, 3.05) is 4.90 Å². The van der Waals surface area contributed by atoms with Gasteiger partial charge in [-0.25, -0.2) is 18.9 Å². The van der Waals surface area contributed by atoms with E-state index in [0.717, 1.165) is 11.6 Å². The summed E-state index contributed by atoms with van der Waals surface area (Å²) >= 11 is 0. The molecule has 8 heteroatoms. The van der Waals surface area contributed by atoms with Gasteiger partial charge in [0, 0.05) is 5.56 Å². The molecule has 0 unspecified atom stereocenters. The number of amides is 4. The van der Waals surface area contributed by atoms with Crippen LogP contribution in [0.15, 0.2) is 78.4 Å². The third-order valence-electron chi connectivity index (χ3n) is 4.87. The van der Waals surface area contributed by atoms with Gasteiger partial charge in [0.25, 0.3) is 11.8 Å². The summed E-state index contributed by atoms with van der Waals surface area (Å²) in [5.41, 5.74) is 0.747. The Labute approximate surface area is 188 Å². The third kappa shape index (κ3) is 4.40. The number of halogens is 1. The molecule has 0 radical (unpaired) electrons. The number of para-hydroxylation sites is 2. The van der Waals surface area contributed by atoms with Crippen molar-refractivity contribution in [3.8, 4) is 5.75 Å². The lowest BCUT2D eigenvalue weighted by Crippen LogP contribution is -2.54. The number of barbiturate groups is 1. The Morgan fingerprint density at radius 3 is 2.45 bits per heavy atom. The first kappa shape index (κ1) is 21.6. The van der Waals surface area contributed by atoms with E-state index in [1.54, 1.807) is 30.3 Å². The zero-order valence-electron chi connectivity index (χ0n) is 17.4. The number of carbonyl (C=O) groups is 4. The van der Waals surface area contributed by atoms with Gasteiger partial charge in [-0.05, 0) is 43.3 Å². The van der Waals surface area contributed by atoms with Crippen molar-refractivity contribution in [1.82, 2.24) is 5.32 Å². The molecule has 4 amide bonds. The zero-order chi connectivity index (χ0) is 23.5. The highest BCUT2D eigenvalue weighted by atomic mass is 19.1. The Kier molecular flexibility index (Phi) is 5.82. The predicted molar refractivity (Wildman–Crippen MR) is 118 cm³/mol. The van der Waals surface area contributed by atoms with Gasteiger partial charge in [-0.15, -0.1) is 0 Å². The molecule has 4 rings (SSSR count). The maximum Gasteiger partial charge on any atom is 0.343 e. The van der Waals surface area contributed by atoms with Gasteiger partial charge in [-0.1, -0.05) is 48.0 Å². The number of aryl methyl sites for hydroxylation is 1. The van der Waals surface area contributed by atoms with Crippen molar-refractivity contribution in [2.24, 2.45) is 0 Å². The summed E-state index contributed by atoms with van der Waals surface area (Å²) in [6, 6.07) is 17.3. The summed E-state index contributed by atoms with van der Waals surface area (Å²) in [5.74, 6) is -3.27. The van der Waals surface area contributed by atoms with Crippen molar-refractivity contribution in [1.29, 1.82) is 0 Å². The Bertz CT molecular complexity index is 1330. The molecule has 1 fully saturated rings. The van der Waals surface area contributed by atoms with E-state index in [9.17, 15) is 23.6 Å². The van der Waals surface area contributed by atoms with Gasteiger partial charge in [-0.2, -0.15) is 0 Å². The van der Waals surface area contributed by atoms with Gasteiger partial charge in [0.2, 0.25) is 0 Å². The van der Waals surface area contributed by atoms with Crippen LogP contribution in [0.25, 0.3) is 6.08 Å². The fraction of sp³-hybridized carbons (Fsp3) is 0.0400. The predicted octanol–water partition coefficient (Wildman–Crippen LogP) is 4.02. The number of nitrogens with zero attached hydrogens (tertiary/aromatic N) is 1. The lowest BCUT2D eigenvalue weighted by Gasteiger charge is -2.26. The molecular weight excluding hydrogens is 427 g/mol. The van der Waals surface area contributed by atoms with E-state index in [1.807, 2.05) is 18.3 Å². The molecule has 1 aliphatic heterocycles. The standard InChI is InChI=1S/C25H17FN2O5/c1-15-7-6-9-17(13-15)24(31)33-21-12-5-2-8-16(21)14-18-22(29)27-25(32)28(23(18)30)20-11-4-3-10-19(20)26/h2-14H,1H3,(H,27,29,32)/b18-14-. The molecule has 164 valence electrons. The van der Waals surface area contributed by atoms with Crippen LogP contribution in [-0.2, 0) is 9.59 Å². The number of esters is 1. The second-order valence-corrected chi connectivity index (χ2v) is 7.21. The van der Waals surface area contributed by atoms with Gasteiger partial charge >= 0.3 is 12.0 Å². The molecule has 1 aliphatic rings. The highest BCUT2D eigenvalue weighted by Gasteiger charge is 2.38. The van der Waals surface area contributed by atoms with E-state index in [4.69, 9.17) is 4.74 Å². The smallest absolute Gasteiger partial charge is 0.343 e. The van der Waals surface area contributed by atoms with Crippen LogP contribution in [0.1, 0.15) is 21.5 Å². The number of nitrogens with one attached hydrogen (secondary N) is 1. The lowest BCUT2D eigenvalue weighted by molar-refractivity contribution is -0.122. The van der Waals surface area contributed by atoms with Crippen LogP contribution in [0.4, 0.5) is 14.9 Å². The van der Waals surface area contributed by atoms with Crippen LogP contribution in [-0.4, -0.2) is 23.8 Å². The van der Waals surface area contributed by atoms with Crippen molar-refractivity contribution in [3.05, 3.63) is 101 Å². The van der Waals surface area contributed by atoms with E-state index in [0.29, 0.717) is 10.5 Å². The Morgan fingerprint density at radius 2 is 1.70 bits per heavy atom. The number of rotatable bonds is 4. The van der Waals surface area contributed by atoms with E-state index >= 15 is 0 Å². The molecule has 3 aromatic rings. The van der Waals surface area contributed by atoms with Gasteiger partial charge in [0.15, 0.2) is 0 Å². The Morgan fingerprint density at radius 1 is 0.970 bits per heavy atom. The summed E-state index contributed by atoms with van der Waals surface area (Å²) < 4.78 is 19.7. The SMILES string of the molecule is Cc1cccc(C(=O)Oc2ccccc2/C=C2/C(=O)NC(=O)N(c3ccccc3F)C2=O)c1. The fourth-order valence-corrected chi connectivity index (χ4v) is 3.29. The maximum absolute atomic E-state index is 14.2. The lowest BCUT2D eigenvalue weighted by atomic mass is 10.1. The summed E-state index contributed by atoms with van der Waals surface area (Å²) in [5, 5.41) is 2.03. The highest BCUT2D eigenvalue weighted by Crippen LogP contribution is 2.27. The fourth-order valence-electron chi connectivity index (χ4n) is 3.29. The molecule has 0 aromatic heterocycles. The molecule has 0 atom stereocenters. The third-order valence-corrected chi connectivity index (χ3v) is 4.87. The number of hydrogen-bond acceptors (Lipinski definition) is 5. The van der Waals surface area contributed by atoms with E-state index < -0.39 is 35.2 Å². The summed E-state index contributed by atoms with van der Waals surface area (Å²) in [6.45, 7) is 1.84. The van der Waals surface area contributed by atoms with Crippen molar-refractivity contribution in [3.63, 3.8) is 0 Å². The molecule has 0 saturated carbocycles. The van der Waals surface area contributed by atoms with Crippen LogP contribution < -0.4 is 15.0 Å². The van der Waals surface area contributed by atoms with Crippen molar-refractivity contribution >= 4 is 35.6 Å². The number of urea groups is 1. The molecule has 1 heterocycles. The molecule has 1 N–H and O–H groups in total. The quantitative estimate of drug-likeness (QED) is 0.284. The number of benzene rings is 3. The van der Waals surface area contributed by atoms with Crippen LogP contribution in [0.5, 0.6) is 5.75 Å². The topological polar surface area (TPSA) is 92.8 Å². The van der Waals surface area contributed by atoms with Gasteiger partial charge in [0.1, 0.15) is 17.1 Å². The first-order chi connectivity index (χ1) is 15.8. The van der Waals surface area contributed by atoms with Gasteiger partial charge < -0.3 is 4.74 Å². The van der Waals surface area contributed by atoms with Crippen molar-refractivity contribution < 1.29 is 28.3 Å². The monoisotopic (exact) mass is 444 g/mol. The maximum atomic E-state index is 14.2. The van der Waals surface area contributed by atoms with Crippen LogP contribution in [0.2, 0.25) is 0 Å². The molecule has 1 saturated heterocycles. The Balaban J connectivity index is 1.69. The largest absolute Gasteiger partial charge is 0.422 e. The number of imide groups is 2. The molecule has 0 spiro atoms. The number of ether oxygens (including phenoxy) is 1. The van der Waals surface area contributed by atoms with Crippen LogP contribution >= 0.6 is 0 Å². The second-order valence-electron chi connectivity index (χ2n) is 7.21. The molecule has 33 heavy (non-hydrogen) atoms. The number of carbonyl (C=O) groups excluding carboxylic acids is 4. The Hall–Kier alpha value is -4.59. The van der Waals surface area contributed by atoms with Gasteiger partial charge in [-0.3, -0.25) is 14.9 Å². The van der Waals surface area contributed by atoms with Crippen LogP contribution in [0.3, 0.4) is 0 Å². The average Bonchev–Trinajstić information content (AvgIpc) is 2.79. The molecule has 0 bridgehead atoms. The van der Waals surface area contributed by atoms with Gasteiger partial charge in [0.05, 0.1) is 11.3 Å². The van der Waals surface area contributed by atoms with Crippen molar-refractivity contribution in [2.45, 2.75) is 6.92 Å². The minimum Gasteiger partial charge on any atom is -0.422 e. The molecule has 0 aliphatic carbocycles. The first-order valence-corrected chi connectivity index (χ1v) is 9.89. The average molecular weight is 444 g/mol. The molecular formula is C25H17FN2O5. The summed E-state index contributed by atoms with van der Waals surface area (Å²) in [7, 11) is 0. The minimum atomic E-state index is -1.06. The van der Waals surface area contributed by atoms with E-state index in [-0.39, 0.29) is 17.0 Å². The normalized spacial score (nSPS) is 14.9. The second kappa shape index (κ2) is 8.88. The minimum absolute atomic E-state index is 0.103. The zero-order valence-corrected chi connectivity index (χ0v) is 17.4. The number of hydrogen-bond donors (Lipinski definition) is 1. The first-order valence-electron chi connectivity index (χ1n) is 9.89. The van der Waals surface area contributed by atoms with Crippen LogP contribution in [0, 0.1) is 12.7 Å². The number of anilines is 1. The summed E-state index contributed by atoms with van der Waals surface area (Å²) in [6.07, 6.45) is 1.19. The highest BCUT2D eigenvalue weighted by molar-refractivity contribution is 6.39. The van der Waals surface area contributed by atoms with E-state index in [1.165, 1.54) is 36.4 Å². The van der Waals surface area contributed by atoms with E-state index in [2.05, 4.69) is 0 Å². The molecule has 3 aromatic carbocycles. The molecule has 7 nitrogen and oxygen atoms in total. The summed E-state index contributed by atoms with van der Waals surface area (Å²) in [4.78, 5) is 50.8.